The largest absolute Gasteiger partial charge is 0.496 e. The van der Waals surface area contributed by atoms with Gasteiger partial charge in [0.25, 0.3) is 5.56 Å². The molecule has 36 heavy (non-hydrogen) atoms. The summed E-state index contributed by atoms with van der Waals surface area (Å²) in [4.78, 5) is 38.2. The predicted octanol–water partition coefficient (Wildman–Crippen LogP) is 4.19. The molecule has 0 radical (unpaired) electrons. The van der Waals surface area contributed by atoms with E-state index >= 15 is 0 Å². The van der Waals surface area contributed by atoms with E-state index < -0.39 is 11.7 Å². The highest BCUT2D eigenvalue weighted by molar-refractivity contribution is 5.67. The molecule has 192 valence electrons. The van der Waals surface area contributed by atoms with Crippen molar-refractivity contribution in [2.75, 3.05) is 31.6 Å². The Labute approximate surface area is 211 Å². The molecule has 2 heterocycles. The molecule has 0 saturated carbocycles. The molecule has 0 aliphatic carbocycles. The van der Waals surface area contributed by atoms with Crippen LogP contribution in [0.3, 0.4) is 0 Å². The number of amides is 1. The summed E-state index contributed by atoms with van der Waals surface area (Å²) in [6.07, 6.45) is 5.17. The van der Waals surface area contributed by atoms with Crippen molar-refractivity contribution in [1.29, 1.82) is 0 Å². The normalized spacial score (nSPS) is 11.1. The second-order valence-corrected chi connectivity index (χ2v) is 9.37. The summed E-state index contributed by atoms with van der Waals surface area (Å²) >= 11 is 0. The van der Waals surface area contributed by atoms with Crippen LogP contribution in [0.25, 0.3) is 11.3 Å². The zero-order valence-electron chi connectivity index (χ0n) is 21.4. The van der Waals surface area contributed by atoms with Crippen LogP contribution in [0.5, 0.6) is 5.75 Å². The van der Waals surface area contributed by atoms with E-state index in [1.165, 1.54) is 6.07 Å². The number of para-hydroxylation sites is 1. The number of hydrogen-bond acceptors (Lipinski definition) is 7. The summed E-state index contributed by atoms with van der Waals surface area (Å²) in [7, 11) is 1.66. The number of aromatic amines is 1. The average Bonchev–Trinajstić information content (AvgIpc) is 2.85. The lowest BCUT2D eigenvalue weighted by Gasteiger charge is -2.24. The van der Waals surface area contributed by atoms with Gasteiger partial charge < -0.3 is 19.7 Å². The van der Waals surface area contributed by atoms with Gasteiger partial charge in [0.2, 0.25) is 5.95 Å². The van der Waals surface area contributed by atoms with Crippen molar-refractivity contribution in [2.24, 2.45) is 0 Å². The van der Waals surface area contributed by atoms with Gasteiger partial charge >= 0.3 is 6.09 Å². The lowest BCUT2D eigenvalue weighted by Crippen LogP contribution is -2.34. The zero-order valence-corrected chi connectivity index (χ0v) is 21.4. The van der Waals surface area contributed by atoms with Gasteiger partial charge in [-0.1, -0.05) is 18.2 Å². The molecule has 2 aromatic heterocycles. The second kappa shape index (κ2) is 12.7. The quantitative estimate of drug-likeness (QED) is 0.385. The first-order valence-corrected chi connectivity index (χ1v) is 12.1. The molecule has 0 bridgehead atoms. The Bertz CT molecular complexity index is 1170. The minimum Gasteiger partial charge on any atom is -0.496 e. The molecule has 0 atom stereocenters. The Hall–Kier alpha value is -3.88. The fourth-order valence-corrected chi connectivity index (χ4v) is 3.69. The molecule has 0 aliphatic heterocycles. The fourth-order valence-electron chi connectivity index (χ4n) is 3.69. The van der Waals surface area contributed by atoms with Gasteiger partial charge in [-0.15, -0.1) is 0 Å². The van der Waals surface area contributed by atoms with Gasteiger partial charge in [-0.05, 0) is 63.8 Å². The maximum absolute atomic E-state index is 12.5. The van der Waals surface area contributed by atoms with Crippen LogP contribution in [-0.4, -0.2) is 53.4 Å². The van der Waals surface area contributed by atoms with Crippen molar-refractivity contribution in [3.8, 4) is 17.0 Å². The van der Waals surface area contributed by atoms with E-state index in [-0.39, 0.29) is 5.56 Å². The summed E-state index contributed by atoms with van der Waals surface area (Å²) < 4.78 is 10.8. The van der Waals surface area contributed by atoms with Crippen LogP contribution in [0.1, 0.15) is 39.2 Å². The monoisotopic (exact) mass is 493 g/mol. The van der Waals surface area contributed by atoms with E-state index in [2.05, 4.69) is 20.2 Å². The van der Waals surface area contributed by atoms with E-state index in [1.807, 2.05) is 57.2 Å². The fraction of sp³-hybridized carbons (Fsp3) is 0.407. The molecular weight excluding hydrogens is 458 g/mol. The number of rotatable bonds is 11. The van der Waals surface area contributed by atoms with E-state index in [0.717, 1.165) is 29.7 Å². The molecule has 1 aromatic carbocycles. The molecule has 1 amide bonds. The molecule has 0 aliphatic rings. The maximum Gasteiger partial charge on any atom is 0.407 e. The van der Waals surface area contributed by atoms with Gasteiger partial charge in [-0.2, -0.15) is 0 Å². The van der Waals surface area contributed by atoms with Crippen molar-refractivity contribution < 1.29 is 14.3 Å². The summed E-state index contributed by atoms with van der Waals surface area (Å²) in [6, 6.07) is 13.0. The third-order valence-corrected chi connectivity index (χ3v) is 5.37. The van der Waals surface area contributed by atoms with Gasteiger partial charge in [0, 0.05) is 43.7 Å². The van der Waals surface area contributed by atoms with Crippen LogP contribution in [0.2, 0.25) is 0 Å². The van der Waals surface area contributed by atoms with Crippen LogP contribution in [0.15, 0.2) is 59.7 Å². The van der Waals surface area contributed by atoms with Crippen molar-refractivity contribution in [2.45, 2.75) is 45.6 Å². The van der Waals surface area contributed by atoms with E-state index in [9.17, 15) is 9.59 Å². The van der Waals surface area contributed by atoms with Gasteiger partial charge in [-0.3, -0.25) is 14.8 Å². The van der Waals surface area contributed by atoms with E-state index in [1.54, 1.807) is 19.5 Å². The molecule has 0 fully saturated rings. The number of aromatic nitrogens is 3. The van der Waals surface area contributed by atoms with Crippen LogP contribution in [-0.2, 0) is 11.2 Å². The second-order valence-electron chi connectivity index (χ2n) is 9.37. The van der Waals surface area contributed by atoms with Crippen LogP contribution < -0.4 is 20.5 Å². The Morgan fingerprint density at radius 3 is 2.56 bits per heavy atom. The van der Waals surface area contributed by atoms with Crippen molar-refractivity contribution >= 4 is 12.0 Å². The zero-order chi connectivity index (χ0) is 26.0. The molecular formula is C27H35N5O4. The van der Waals surface area contributed by atoms with Crippen LogP contribution >= 0.6 is 0 Å². The number of anilines is 1. The van der Waals surface area contributed by atoms with Gasteiger partial charge in [-0.25, -0.2) is 9.78 Å². The van der Waals surface area contributed by atoms with Crippen molar-refractivity contribution in [3.05, 3.63) is 70.8 Å². The number of alkyl carbamates (subject to hydrolysis) is 1. The molecule has 3 aromatic rings. The van der Waals surface area contributed by atoms with E-state index in [0.29, 0.717) is 37.7 Å². The number of ether oxygens (including phenoxy) is 2. The van der Waals surface area contributed by atoms with Crippen LogP contribution in [0, 0.1) is 0 Å². The highest BCUT2D eigenvalue weighted by Crippen LogP contribution is 2.20. The first kappa shape index (κ1) is 26.7. The highest BCUT2D eigenvalue weighted by atomic mass is 16.6. The number of nitrogens with zero attached hydrogens (tertiary/aromatic N) is 3. The number of nitrogens with one attached hydrogen (secondary N) is 2. The molecule has 0 spiro atoms. The third-order valence-electron chi connectivity index (χ3n) is 5.37. The van der Waals surface area contributed by atoms with E-state index in [4.69, 9.17) is 14.5 Å². The van der Waals surface area contributed by atoms with Gasteiger partial charge in [0.05, 0.1) is 12.8 Å². The number of hydrogen-bond donors (Lipinski definition) is 2. The van der Waals surface area contributed by atoms with Crippen LogP contribution in [0.4, 0.5) is 10.7 Å². The Balaban J connectivity index is 1.71. The standard InChI is InChI=1S/C27H35N5O4/c1-27(2,3)36-26(34)29-14-7-8-17-32(18-13-21-9-5-6-10-23(21)35-4)25-30-22(19-24(33)31-25)20-11-15-28-16-12-20/h5-6,9-12,15-16,19H,7-8,13-14,17-18H2,1-4H3,(H,29,34)(H,30,31,33). The van der Waals surface area contributed by atoms with Gasteiger partial charge in [0.1, 0.15) is 11.4 Å². The van der Waals surface area contributed by atoms with Gasteiger partial charge in [0.15, 0.2) is 0 Å². The average molecular weight is 494 g/mol. The molecule has 9 heteroatoms. The number of benzene rings is 1. The highest BCUT2D eigenvalue weighted by Gasteiger charge is 2.16. The molecule has 0 saturated heterocycles. The third kappa shape index (κ3) is 8.41. The number of unbranched alkanes of at least 4 members (excludes halogenated alkanes) is 1. The first-order chi connectivity index (χ1) is 17.2. The predicted molar refractivity (Wildman–Crippen MR) is 140 cm³/mol. The topological polar surface area (TPSA) is 109 Å². The molecule has 9 nitrogen and oxygen atoms in total. The van der Waals surface area contributed by atoms with Crippen molar-refractivity contribution in [1.82, 2.24) is 20.3 Å². The van der Waals surface area contributed by atoms with Crippen molar-refractivity contribution in [3.63, 3.8) is 0 Å². The lowest BCUT2D eigenvalue weighted by molar-refractivity contribution is 0.0527. The number of methoxy groups -OCH3 is 1. The Morgan fingerprint density at radius 1 is 1.08 bits per heavy atom. The lowest BCUT2D eigenvalue weighted by atomic mass is 10.1. The first-order valence-electron chi connectivity index (χ1n) is 12.1. The number of carbonyl (C=O) groups is 1. The molecule has 3 rings (SSSR count). The number of carbonyl (C=O) groups excluding carboxylic acids is 1. The Kier molecular flexibility index (Phi) is 9.44. The number of pyridine rings is 1. The summed E-state index contributed by atoms with van der Waals surface area (Å²) in [5.41, 5.74) is 1.73. The molecule has 0 unspecified atom stereocenters. The Morgan fingerprint density at radius 2 is 1.83 bits per heavy atom. The minimum atomic E-state index is -0.531. The summed E-state index contributed by atoms with van der Waals surface area (Å²) in [5, 5.41) is 2.79. The minimum absolute atomic E-state index is 0.222. The number of H-pyrrole nitrogens is 1. The molecule has 2 N–H and O–H groups in total. The summed E-state index contributed by atoms with van der Waals surface area (Å²) in [6.45, 7) is 7.27. The SMILES string of the molecule is COc1ccccc1CCN(CCCCNC(=O)OC(C)(C)C)c1nc(-c2ccncc2)cc(=O)[nH]1. The maximum atomic E-state index is 12.5. The smallest absolute Gasteiger partial charge is 0.407 e. The summed E-state index contributed by atoms with van der Waals surface area (Å²) in [5.74, 6) is 1.33.